The second-order valence-corrected chi connectivity index (χ2v) is 4.17. The minimum atomic E-state index is -0.746. The first-order chi connectivity index (χ1) is 9.12. The molecule has 0 unspecified atom stereocenters. The topological polar surface area (TPSA) is 80.5 Å². The Morgan fingerprint density at radius 2 is 2.26 bits per heavy atom. The van der Waals surface area contributed by atoms with Crippen molar-refractivity contribution in [1.29, 1.82) is 0 Å². The number of aliphatic hydroxyl groups excluding tert-OH is 1. The summed E-state index contributed by atoms with van der Waals surface area (Å²) in [5, 5.41) is 16.4. The standard InChI is InChI=1S/C12H13BrN2O4/c1-3-19-12(17)10(7-16)15-14-9-5-4-8(13)6-11(9)18-2/h4-7,16H,3H2,1-2H3/b10-7+,15-14?. The summed E-state index contributed by atoms with van der Waals surface area (Å²) in [6, 6.07) is 5.12. The molecule has 0 spiro atoms. The number of benzene rings is 1. The molecular weight excluding hydrogens is 316 g/mol. The Hall–Kier alpha value is -1.89. The Kier molecular flexibility index (Phi) is 6.01. The third-order valence-corrected chi connectivity index (χ3v) is 2.51. The number of hydrogen-bond donors (Lipinski definition) is 1. The van der Waals surface area contributed by atoms with E-state index >= 15 is 0 Å². The van der Waals surface area contributed by atoms with Crippen molar-refractivity contribution < 1.29 is 19.4 Å². The maximum absolute atomic E-state index is 11.4. The normalized spacial score (nSPS) is 11.6. The summed E-state index contributed by atoms with van der Waals surface area (Å²) in [4.78, 5) is 11.4. The van der Waals surface area contributed by atoms with Crippen LogP contribution in [0.15, 0.2) is 44.9 Å². The van der Waals surface area contributed by atoms with Gasteiger partial charge in [-0.25, -0.2) is 4.79 Å². The van der Waals surface area contributed by atoms with E-state index < -0.39 is 5.97 Å². The lowest BCUT2D eigenvalue weighted by molar-refractivity contribution is -0.138. The molecule has 0 saturated heterocycles. The van der Waals surface area contributed by atoms with E-state index in [1.807, 2.05) is 0 Å². The number of nitrogens with zero attached hydrogens (tertiary/aromatic N) is 2. The van der Waals surface area contributed by atoms with Gasteiger partial charge < -0.3 is 14.6 Å². The van der Waals surface area contributed by atoms with Crippen molar-refractivity contribution in [3.63, 3.8) is 0 Å². The van der Waals surface area contributed by atoms with Crippen LogP contribution in [0.5, 0.6) is 5.75 Å². The van der Waals surface area contributed by atoms with Crippen molar-refractivity contribution in [2.45, 2.75) is 6.92 Å². The minimum Gasteiger partial charge on any atom is -0.513 e. The molecule has 1 aromatic rings. The van der Waals surface area contributed by atoms with Crippen LogP contribution in [-0.2, 0) is 9.53 Å². The second-order valence-electron chi connectivity index (χ2n) is 3.25. The van der Waals surface area contributed by atoms with Crippen molar-refractivity contribution >= 4 is 27.6 Å². The van der Waals surface area contributed by atoms with Gasteiger partial charge in [0.25, 0.3) is 0 Å². The van der Waals surface area contributed by atoms with Crippen LogP contribution in [0.2, 0.25) is 0 Å². The molecule has 0 aliphatic heterocycles. The van der Waals surface area contributed by atoms with Gasteiger partial charge in [-0.15, -0.1) is 10.2 Å². The third kappa shape index (κ3) is 4.36. The van der Waals surface area contributed by atoms with E-state index in [9.17, 15) is 4.79 Å². The first-order valence-corrected chi connectivity index (χ1v) is 6.18. The Labute approximate surface area is 118 Å². The monoisotopic (exact) mass is 328 g/mol. The van der Waals surface area contributed by atoms with Crippen LogP contribution in [0, 0.1) is 0 Å². The fourth-order valence-corrected chi connectivity index (χ4v) is 1.51. The molecule has 0 aromatic heterocycles. The maximum Gasteiger partial charge on any atom is 0.362 e. The number of halogens is 1. The van der Waals surface area contributed by atoms with Gasteiger partial charge >= 0.3 is 5.97 Å². The fraction of sp³-hybridized carbons (Fsp3) is 0.250. The minimum absolute atomic E-state index is 0.188. The summed E-state index contributed by atoms with van der Waals surface area (Å²) < 4.78 is 10.6. The van der Waals surface area contributed by atoms with Crippen LogP contribution in [0.1, 0.15) is 6.92 Å². The zero-order chi connectivity index (χ0) is 14.3. The van der Waals surface area contributed by atoms with Gasteiger partial charge in [-0.05, 0) is 25.1 Å². The van der Waals surface area contributed by atoms with E-state index in [1.54, 1.807) is 25.1 Å². The lowest BCUT2D eigenvalue weighted by Crippen LogP contribution is -2.05. The van der Waals surface area contributed by atoms with Crippen molar-refractivity contribution in [3.8, 4) is 5.75 Å². The number of carbonyl (C=O) groups is 1. The largest absolute Gasteiger partial charge is 0.513 e. The van der Waals surface area contributed by atoms with Gasteiger partial charge in [0.05, 0.1) is 13.7 Å². The number of ether oxygens (including phenoxy) is 2. The van der Waals surface area contributed by atoms with E-state index in [-0.39, 0.29) is 12.3 Å². The predicted octanol–water partition coefficient (Wildman–Crippen LogP) is 3.50. The average Bonchev–Trinajstić information content (AvgIpc) is 2.41. The maximum atomic E-state index is 11.4. The van der Waals surface area contributed by atoms with Crippen LogP contribution in [0.3, 0.4) is 0 Å². The first kappa shape index (κ1) is 15.2. The van der Waals surface area contributed by atoms with Crippen molar-refractivity contribution in [1.82, 2.24) is 0 Å². The number of azo groups is 1. The van der Waals surface area contributed by atoms with Crippen molar-refractivity contribution in [2.75, 3.05) is 13.7 Å². The van der Waals surface area contributed by atoms with E-state index in [2.05, 4.69) is 26.2 Å². The summed E-state index contributed by atoms with van der Waals surface area (Å²) in [6.07, 6.45) is 0.548. The number of carbonyl (C=O) groups excluding carboxylic acids is 1. The number of hydrogen-bond acceptors (Lipinski definition) is 6. The Morgan fingerprint density at radius 3 is 2.84 bits per heavy atom. The number of esters is 1. The van der Waals surface area contributed by atoms with Crippen LogP contribution in [0.4, 0.5) is 5.69 Å². The molecule has 0 fully saturated rings. The highest BCUT2D eigenvalue weighted by Gasteiger charge is 2.10. The summed E-state index contributed by atoms with van der Waals surface area (Å²) in [5.74, 6) is -0.260. The van der Waals surface area contributed by atoms with Gasteiger partial charge in [0, 0.05) is 4.47 Å². The quantitative estimate of drug-likeness (QED) is 0.388. The van der Waals surface area contributed by atoms with Gasteiger partial charge in [0.2, 0.25) is 5.70 Å². The summed E-state index contributed by atoms with van der Waals surface area (Å²) in [6.45, 7) is 1.84. The molecule has 0 aliphatic carbocycles. The smallest absolute Gasteiger partial charge is 0.362 e. The Bertz CT molecular complexity index is 514. The third-order valence-electron chi connectivity index (χ3n) is 2.01. The molecule has 1 N–H and O–H groups in total. The van der Waals surface area contributed by atoms with Gasteiger partial charge in [-0.2, -0.15) is 0 Å². The molecule has 0 atom stereocenters. The van der Waals surface area contributed by atoms with Crippen molar-refractivity contribution in [2.24, 2.45) is 10.2 Å². The van der Waals surface area contributed by atoms with Crippen molar-refractivity contribution in [3.05, 3.63) is 34.6 Å². The van der Waals surface area contributed by atoms with Crippen LogP contribution < -0.4 is 4.74 Å². The van der Waals surface area contributed by atoms with Gasteiger partial charge in [0.15, 0.2) is 0 Å². The molecule has 0 heterocycles. The Morgan fingerprint density at radius 1 is 1.53 bits per heavy atom. The molecule has 0 radical (unpaired) electrons. The number of methoxy groups -OCH3 is 1. The fourth-order valence-electron chi connectivity index (χ4n) is 1.17. The molecule has 6 nitrogen and oxygen atoms in total. The lowest BCUT2D eigenvalue weighted by Gasteiger charge is -2.04. The van der Waals surface area contributed by atoms with E-state index in [0.29, 0.717) is 17.7 Å². The molecule has 19 heavy (non-hydrogen) atoms. The molecular formula is C12H13BrN2O4. The zero-order valence-electron chi connectivity index (χ0n) is 10.5. The van der Waals surface area contributed by atoms with Gasteiger partial charge in [-0.1, -0.05) is 15.9 Å². The first-order valence-electron chi connectivity index (χ1n) is 5.39. The highest BCUT2D eigenvalue weighted by Crippen LogP contribution is 2.31. The molecule has 102 valence electrons. The SMILES string of the molecule is CCOC(=O)/C(=C\O)N=Nc1ccc(Br)cc1OC. The highest BCUT2D eigenvalue weighted by atomic mass is 79.9. The second kappa shape index (κ2) is 7.52. The van der Waals surface area contributed by atoms with E-state index in [1.165, 1.54) is 7.11 Å². The lowest BCUT2D eigenvalue weighted by atomic mass is 10.3. The zero-order valence-corrected chi connectivity index (χ0v) is 12.0. The molecule has 0 saturated carbocycles. The van der Waals surface area contributed by atoms with Crippen LogP contribution in [-0.4, -0.2) is 24.8 Å². The molecule has 0 aliphatic rings. The molecule has 1 rings (SSSR count). The van der Waals surface area contributed by atoms with Gasteiger partial charge in [-0.3, -0.25) is 0 Å². The van der Waals surface area contributed by atoms with Crippen LogP contribution in [0.25, 0.3) is 0 Å². The molecule has 0 amide bonds. The number of rotatable bonds is 5. The highest BCUT2D eigenvalue weighted by molar-refractivity contribution is 9.10. The molecule has 0 bridgehead atoms. The summed E-state index contributed by atoms with van der Waals surface area (Å²) in [7, 11) is 1.49. The average molecular weight is 329 g/mol. The molecule has 1 aromatic carbocycles. The van der Waals surface area contributed by atoms with E-state index in [4.69, 9.17) is 14.6 Å². The van der Waals surface area contributed by atoms with Gasteiger partial charge in [0.1, 0.15) is 17.7 Å². The summed E-state index contributed by atoms with van der Waals surface area (Å²) in [5.41, 5.74) is 0.140. The predicted molar refractivity (Wildman–Crippen MR) is 72.6 cm³/mol. The summed E-state index contributed by atoms with van der Waals surface area (Å²) >= 11 is 3.30. The van der Waals surface area contributed by atoms with E-state index in [0.717, 1.165) is 4.47 Å². The molecule has 7 heteroatoms. The Balaban J connectivity index is 2.94. The van der Waals surface area contributed by atoms with Crippen LogP contribution >= 0.6 is 15.9 Å². The number of aliphatic hydroxyl groups is 1.